The van der Waals surface area contributed by atoms with E-state index < -0.39 is 0 Å². The summed E-state index contributed by atoms with van der Waals surface area (Å²) in [4.78, 5) is 23.8. The number of rotatable bonds is 4. The third kappa shape index (κ3) is 3.38. The van der Waals surface area contributed by atoms with Crippen LogP contribution in [0.3, 0.4) is 0 Å². The Morgan fingerprint density at radius 3 is 2.86 bits per heavy atom. The third-order valence-corrected chi connectivity index (χ3v) is 4.73. The van der Waals surface area contributed by atoms with Crippen molar-refractivity contribution >= 4 is 23.3 Å². The molecule has 7 nitrogen and oxygen atoms in total. The van der Waals surface area contributed by atoms with Crippen LogP contribution < -0.4 is 10.2 Å². The molecule has 0 saturated carbocycles. The van der Waals surface area contributed by atoms with Crippen molar-refractivity contribution < 1.29 is 4.79 Å². The van der Waals surface area contributed by atoms with Crippen molar-refractivity contribution in [2.24, 2.45) is 5.92 Å². The maximum Gasteiger partial charge on any atom is 0.223 e. The predicted octanol–water partition coefficient (Wildman–Crippen LogP) is 1.17. The van der Waals surface area contributed by atoms with Crippen molar-refractivity contribution in [3.63, 3.8) is 0 Å². The van der Waals surface area contributed by atoms with Crippen molar-refractivity contribution in [1.29, 1.82) is 0 Å². The number of hydrogen-bond acceptors (Lipinski definition) is 7. The maximum absolute atomic E-state index is 12.3. The fraction of sp³-hybridized carbons (Fsp3) is 0.500. The third-order valence-electron chi connectivity index (χ3n) is 3.91. The molecule has 1 aliphatic rings. The normalized spacial score (nSPS) is 15.8. The Balaban J connectivity index is 1.49. The number of nitrogens with one attached hydrogen (secondary N) is 1. The lowest BCUT2D eigenvalue weighted by Crippen LogP contribution is -2.40. The maximum atomic E-state index is 12.3. The van der Waals surface area contributed by atoms with Gasteiger partial charge in [0.2, 0.25) is 5.91 Å². The highest BCUT2D eigenvalue weighted by Crippen LogP contribution is 2.21. The number of aryl methyl sites for hydroxylation is 1. The van der Waals surface area contributed by atoms with Gasteiger partial charge in [-0.25, -0.2) is 4.98 Å². The number of carbonyl (C=O) groups excluding carboxylic acids is 1. The molecule has 1 amide bonds. The summed E-state index contributed by atoms with van der Waals surface area (Å²) in [6.07, 6.45) is 6.80. The molecule has 8 heteroatoms. The zero-order valence-corrected chi connectivity index (χ0v) is 13.2. The highest BCUT2D eigenvalue weighted by Gasteiger charge is 2.25. The SMILES string of the molecule is Cc1nnsc1CNC(=O)C1CCN(c2cnccn2)CC1. The summed E-state index contributed by atoms with van der Waals surface area (Å²) in [5.41, 5.74) is 0.891. The molecule has 1 fully saturated rings. The summed E-state index contributed by atoms with van der Waals surface area (Å²) < 4.78 is 3.88. The number of aromatic nitrogens is 4. The summed E-state index contributed by atoms with van der Waals surface area (Å²) >= 11 is 1.34. The van der Waals surface area contributed by atoms with Crippen LogP contribution in [0.5, 0.6) is 0 Å². The Morgan fingerprint density at radius 2 is 2.23 bits per heavy atom. The number of piperidine rings is 1. The summed E-state index contributed by atoms with van der Waals surface area (Å²) in [5, 5.41) is 6.94. The van der Waals surface area contributed by atoms with Crippen LogP contribution in [0.4, 0.5) is 5.82 Å². The van der Waals surface area contributed by atoms with Gasteiger partial charge < -0.3 is 10.2 Å². The Morgan fingerprint density at radius 1 is 1.41 bits per heavy atom. The first kappa shape index (κ1) is 14.8. The second-order valence-corrected chi connectivity index (χ2v) is 6.16. The highest BCUT2D eigenvalue weighted by molar-refractivity contribution is 7.05. The number of hydrogen-bond donors (Lipinski definition) is 1. The molecule has 0 bridgehead atoms. The van der Waals surface area contributed by atoms with E-state index in [0.29, 0.717) is 6.54 Å². The van der Waals surface area contributed by atoms with Crippen LogP contribution in [-0.2, 0) is 11.3 Å². The van der Waals surface area contributed by atoms with E-state index in [1.165, 1.54) is 11.5 Å². The lowest BCUT2D eigenvalue weighted by molar-refractivity contribution is -0.125. The van der Waals surface area contributed by atoms with Gasteiger partial charge in [0.05, 0.1) is 23.3 Å². The predicted molar refractivity (Wildman–Crippen MR) is 83.5 cm³/mol. The Labute approximate surface area is 133 Å². The van der Waals surface area contributed by atoms with Gasteiger partial charge in [0.25, 0.3) is 0 Å². The second kappa shape index (κ2) is 6.78. The molecular weight excluding hydrogens is 300 g/mol. The summed E-state index contributed by atoms with van der Waals surface area (Å²) in [6, 6.07) is 0. The molecule has 1 N–H and O–H groups in total. The number of carbonyl (C=O) groups is 1. The highest BCUT2D eigenvalue weighted by atomic mass is 32.1. The van der Waals surface area contributed by atoms with Gasteiger partial charge in [-0.05, 0) is 31.3 Å². The fourth-order valence-electron chi connectivity index (χ4n) is 2.55. The number of anilines is 1. The van der Waals surface area contributed by atoms with Crippen molar-refractivity contribution in [3.05, 3.63) is 29.2 Å². The van der Waals surface area contributed by atoms with E-state index in [-0.39, 0.29) is 11.8 Å². The van der Waals surface area contributed by atoms with Gasteiger partial charge in [-0.3, -0.25) is 9.78 Å². The van der Waals surface area contributed by atoms with E-state index in [1.54, 1.807) is 18.6 Å². The molecule has 1 saturated heterocycles. The van der Waals surface area contributed by atoms with Crippen molar-refractivity contribution in [2.75, 3.05) is 18.0 Å². The molecule has 22 heavy (non-hydrogen) atoms. The van der Waals surface area contributed by atoms with Crippen LogP contribution in [0.25, 0.3) is 0 Å². The molecule has 0 atom stereocenters. The molecule has 0 aromatic carbocycles. The molecule has 0 aliphatic carbocycles. The van der Waals surface area contributed by atoms with E-state index in [4.69, 9.17) is 0 Å². The smallest absolute Gasteiger partial charge is 0.223 e. The van der Waals surface area contributed by atoms with E-state index in [2.05, 4.69) is 29.8 Å². The lowest BCUT2D eigenvalue weighted by Gasteiger charge is -2.31. The number of nitrogens with zero attached hydrogens (tertiary/aromatic N) is 5. The van der Waals surface area contributed by atoms with E-state index in [9.17, 15) is 4.79 Å². The van der Waals surface area contributed by atoms with Gasteiger partial charge in [-0.2, -0.15) is 0 Å². The fourth-order valence-corrected chi connectivity index (χ4v) is 3.12. The quantitative estimate of drug-likeness (QED) is 0.911. The minimum Gasteiger partial charge on any atom is -0.355 e. The molecule has 116 valence electrons. The Kier molecular flexibility index (Phi) is 4.57. The summed E-state index contributed by atoms with van der Waals surface area (Å²) in [5.74, 6) is 1.06. The molecule has 2 aromatic rings. The minimum atomic E-state index is 0.0640. The average molecular weight is 318 g/mol. The van der Waals surface area contributed by atoms with Gasteiger partial charge >= 0.3 is 0 Å². The summed E-state index contributed by atoms with van der Waals surface area (Å²) in [7, 11) is 0. The molecule has 3 heterocycles. The zero-order valence-electron chi connectivity index (χ0n) is 12.4. The van der Waals surface area contributed by atoms with E-state index in [1.807, 2.05) is 6.92 Å². The van der Waals surface area contributed by atoms with Crippen LogP contribution >= 0.6 is 11.5 Å². The molecule has 2 aromatic heterocycles. The largest absolute Gasteiger partial charge is 0.355 e. The lowest BCUT2D eigenvalue weighted by atomic mass is 9.96. The Hall–Kier alpha value is -2.09. The molecular formula is C14H18N6OS. The van der Waals surface area contributed by atoms with Crippen LogP contribution in [0.15, 0.2) is 18.6 Å². The molecule has 0 unspecified atom stereocenters. The standard InChI is InChI=1S/C14H18N6OS/c1-10-12(22-19-18-10)8-17-14(21)11-2-6-20(7-3-11)13-9-15-4-5-16-13/h4-5,9,11H,2-3,6-8H2,1H3,(H,17,21). The van der Waals surface area contributed by atoms with Crippen molar-refractivity contribution in [3.8, 4) is 0 Å². The van der Waals surface area contributed by atoms with Gasteiger partial charge in [0.1, 0.15) is 5.82 Å². The minimum absolute atomic E-state index is 0.0640. The molecule has 1 aliphatic heterocycles. The van der Waals surface area contributed by atoms with E-state index >= 15 is 0 Å². The molecule has 3 rings (SSSR count). The first-order valence-electron chi connectivity index (χ1n) is 7.30. The topological polar surface area (TPSA) is 83.9 Å². The van der Waals surface area contributed by atoms with Crippen molar-refractivity contribution in [1.82, 2.24) is 24.9 Å². The van der Waals surface area contributed by atoms with Gasteiger partial charge in [0.15, 0.2) is 0 Å². The monoisotopic (exact) mass is 318 g/mol. The van der Waals surface area contributed by atoms with E-state index in [0.717, 1.165) is 42.3 Å². The first-order chi connectivity index (χ1) is 10.7. The van der Waals surface area contributed by atoms with Crippen LogP contribution in [0.2, 0.25) is 0 Å². The van der Waals surface area contributed by atoms with Gasteiger partial charge in [-0.1, -0.05) is 4.49 Å². The van der Waals surface area contributed by atoms with Crippen molar-refractivity contribution in [2.45, 2.75) is 26.3 Å². The Bertz CT molecular complexity index is 623. The zero-order chi connectivity index (χ0) is 15.4. The van der Waals surface area contributed by atoms with Gasteiger partial charge in [-0.15, -0.1) is 5.10 Å². The molecule has 0 radical (unpaired) electrons. The summed E-state index contributed by atoms with van der Waals surface area (Å²) in [6.45, 7) is 4.09. The average Bonchev–Trinajstić information content (AvgIpc) is 2.99. The van der Waals surface area contributed by atoms with Gasteiger partial charge in [0, 0.05) is 31.4 Å². The first-order valence-corrected chi connectivity index (χ1v) is 8.08. The van der Waals surface area contributed by atoms with Crippen LogP contribution in [0.1, 0.15) is 23.4 Å². The number of amides is 1. The van der Waals surface area contributed by atoms with Crippen LogP contribution in [0, 0.1) is 12.8 Å². The molecule has 0 spiro atoms. The second-order valence-electron chi connectivity index (χ2n) is 5.32. The van der Waals surface area contributed by atoms with Crippen LogP contribution in [-0.4, -0.2) is 38.6 Å².